The van der Waals surface area contributed by atoms with E-state index in [0.29, 0.717) is 12.5 Å². The molecule has 2 aromatic rings. The van der Waals surface area contributed by atoms with Crippen LogP contribution in [-0.4, -0.2) is 10.9 Å². The number of rotatable bonds is 4. The number of benzene rings is 1. The summed E-state index contributed by atoms with van der Waals surface area (Å²) in [6.07, 6.45) is 0.779. The lowest BCUT2D eigenvalue weighted by atomic mass is 10.1. The minimum absolute atomic E-state index is 0.368. The van der Waals surface area contributed by atoms with Crippen LogP contribution in [0.3, 0.4) is 0 Å². The molecule has 0 bridgehead atoms. The molecule has 5 heteroatoms. The number of oxazole rings is 1. The zero-order chi connectivity index (χ0) is 15.4. The van der Waals surface area contributed by atoms with Gasteiger partial charge in [0.2, 0.25) is 0 Å². The summed E-state index contributed by atoms with van der Waals surface area (Å²) in [5.74, 6) is 1.86. The van der Waals surface area contributed by atoms with Crippen LogP contribution in [-0.2, 0) is 13.0 Å². The van der Waals surface area contributed by atoms with Crippen LogP contribution in [0.4, 0.5) is 5.69 Å². The fourth-order valence-electron chi connectivity index (χ4n) is 1.95. The molecule has 0 saturated heterocycles. The van der Waals surface area contributed by atoms with Crippen molar-refractivity contribution in [1.29, 1.82) is 0 Å². The maximum atomic E-state index is 5.91. The van der Waals surface area contributed by atoms with E-state index in [1.54, 1.807) is 0 Å². The molecule has 0 fully saturated rings. The van der Waals surface area contributed by atoms with E-state index in [0.717, 1.165) is 29.5 Å². The van der Waals surface area contributed by atoms with Crippen LogP contribution < -0.4 is 11.1 Å². The SMILES string of the molecule is CCc1nc(C)c(CN=C(N)Nc2ccc(C)c(C)c2)o1. The van der Waals surface area contributed by atoms with Gasteiger partial charge < -0.3 is 15.5 Å². The Kier molecular flexibility index (Phi) is 4.62. The highest BCUT2D eigenvalue weighted by atomic mass is 16.4. The predicted molar refractivity (Wildman–Crippen MR) is 85.5 cm³/mol. The molecule has 0 amide bonds. The van der Waals surface area contributed by atoms with Crippen molar-refractivity contribution in [2.45, 2.75) is 40.7 Å². The van der Waals surface area contributed by atoms with Gasteiger partial charge in [0.25, 0.3) is 0 Å². The second-order valence-electron chi connectivity index (χ2n) is 5.10. The van der Waals surface area contributed by atoms with E-state index in [9.17, 15) is 0 Å². The van der Waals surface area contributed by atoms with Gasteiger partial charge in [-0.05, 0) is 44.0 Å². The van der Waals surface area contributed by atoms with E-state index in [-0.39, 0.29) is 0 Å². The minimum atomic E-state index is 0.368. The van der Waals surface area contributed by atoms with Crippen LogP contribution in [0, 0.1) is 20.8 Å². The number of aliphatic imine (C=N–C) groups is 1. The fraction of sp³-hybridized carbons (Fsp3) is 0.375. The first-order chi connectivity index (χ1) is 9.99. The lowest BCUT2D eigenvalue weighted by Crippen LogP contribution is -2.22. The maximum Gasteiger partial charge on any atom is 0.194 e. The Morgan fingerprint density at radius 2 is 2.05 bits per heavy atom. The second-order valence-corrected chi connectivity index (χ2v) is 5.10. The van der Waals surface area contributed by atoms with Crippen molar-refractivity contribution in [3.05, 3.63) is 46.7 Å². The highest BCUT2D eigenvalue weighted by Gasteiger charge is 2.07. The van der Waals surface area contributed by atoms with Crippen LogP contribution in [0.1, 0.15) is 35.4 Å². The third-order valence-electron chi connectivity index (χ3n) is 3.41. The van der Waals surface area contributed by atoms with Crippen LogP contribution in [0.15, 0.2) is 27.6 Å². The summed E-state index contributed by atoms with van der Waals surface area (Å²) in [4.78, 5) is 8.62. The number of nitrogens with two attached hydrogens (primary N) is 1. The zero-order valence-corrected chi connectivity index (χ0v) is 13.0. The van der Waals surface area contributed by atoms with Crippen molar-refractivity contribution in [3.8, 4) is 0 Å². The molecule has 1 heterocycles. The molecule has 0 aliphatic rings. The van der Waals surface area contributed by atoms with Crippen LogP contribution in [0.2, 0.25) is 0 Å². The van der Waals surface area contributed by atoms with Gasteiger partial charge in [-0.15, -0.1) is 0 Å². The summed E-state index contributed by atoms with van der Waals surface area (Å²) in [7, 11) is 0. The smallest absolute Gasteiger partial charge is 0.194 e. The lowest BCUT2D eigenvalue weighted by molar-refractivity contribution is 0.461. The van der Waals surface area contributed by atoms with E-state index in [4.69, 9.17) is 10.2 Å². The molecule has 0 radical (unpaired) electrons. The number of hydrogen-bond acceptors (Lipinski definition) is 3. The van der Waals surface area contributed by atoms with Crippen molar-refractivity contribution >= 4 is 11.6 Å². The second kappa shape index (κ2) is 6.43. The molecule has 0 unspecified atom stereocenters. The van der Waals surface area contributed by atoms with Gasteiger partial charge in [0.1, 0.15) is 12.3 Å². The average molecular weight is 286 g/mol. The van der Waals surface area contributed by atoms with E-state index >= 15 is 0 Å². The lowest BCUT2D eigenvalue weighted by Gasteiger charge is -2.07. The summed E-state index contributed by atoms with van der Waals surface area (Å²) in [5.41, 5.74) is 10.2. The van der Waals surface area contributed by atoms with Crippen LogP contribution in [0.5, 0.6) is 0 Å². The first-order valence-electron chi connectivity index (χ1n) is 7.09. The molecule has 5 nitrogen and oxygen atoms in total. The van der Waals surface area contributed by atoms with Gasteiger partial charge in [-0.3, -0.25) is 0 Å². The summed E-state index contributed by atoms with van der Waals surface area (Å²) in [6, 6.07) is 6.09. The molecule has 2 rings (SSSR count). The van der Waals surface area contributed by atoms with Crippen LogP contribution >= 0.6 is 0 Å². The quantitative estimate of drug-likeness (QED) is 0.669. The van der Waals surface area contributed by atoms with Gasteiger partial charge in [-0.2, -0.15) is 0 Å². The maximum absolute atomic E-state index is 5.91. The first kappa shape index (κ1) is 15.1. The topological polar surface area (TPSA) is 76.4 Å². The van der Waals surface area contributed by atoms with Crippen LogP contribution in [0.25, 0.3) is 0 Å². The Morgan fingerprint density at radius 3 is 2.67 bits per heavy atom. The van der Waals surface area contributed by atoms with Crippen molar-refractivity contribution in [3.63, 3.8) is 0 Å². The molecule has 0 aliphatic carbocycles. The summed E-state index contributed by atoms with van der Waals surface area (Å²) in [6.45, 7) is 8.46. The predicted octanol–water partition coefficient (Wildman–Crippen LogP) is 3.09. The molecular formula is C16H22N4O. The molecule has 0 spiro atoms. The molecule has 1 aromatic carbocycles. The largest absolute Gasteiger partial charge is 0.443 e. The van der Waals surface area contributed by atoms with Gasteiger partial charge in [-0.25, -0.2) is 9.98 Å². The summed E-state index contributed by atoms with van der Waals surface area (Å²) < 4.78 is 5.60. The minimum Gasteiger partial charge on any atom is -0.443 e. The van der Waals surface area contributed by atoms with E-state index in [2.05, 4.69) is 35.2 Å². The standard InChI is InChI=1S/C16H22N4O/c1-5-15-19-12(4)14(21-15)9-18-16(17)20-13-7-6-10(2)11(3)8-13/h6-8H,5,9H2,1-4H3,(H3,17,18,20). The van der Waals surface area contributed by atoms with Gasteiger partial charge in [0, 0.05) is 12.1 Å². The van der Waals surface area contributed by atoms with Crippen molar-refractivity contribution in [2.24, 2.45) is 10.7 Å². The number of guanidine groups is 1. The van der Waals surface area contributed by atoms with E-state index in [1.807, 2.05) is 26.0 Å². The van der Waals surface area contributed by atoms with Crippen molar-refractivity contribution in [2.75, 3.05) is 5.32 Å². The van der Waals surface area contributed by atoms with Crippen molar-refractivity contribution in [1.82, 2.24) is 4.98 Å². The number of hydrogen-bond donors (Lipinski definition) is 2. The molecule has 0 atom stereocenters. The third kappa shape index (κ3) is 3.84. The number of nitrogens with zero attached hydrogens (tertiary/aromatic N) is 2. The normalized spacial score (nSPS) is 11.7. The first-order valence-corrected chi connectivity index (χ1v) is 7.09. The highest BCUT2D eigenvalue weighted by molar-refractivity contribution is 5.92. The average Bonchev–Trinajstić information content (AvgIpc) is 2.81. The number of nitrogens with one attached hydrogen (secondary N) is 1. The Bertz CT molecular complexity index is 658. The molecule has 21 heavy (non-hydrogen) atoms. The Labute approximate surface area is 125 Å². The molecule has 112 valence electrons. The number of aromatic nitrogens is 1. The Morgan fingerprint density at radius 1 is 1.29 bits per heavy atom. The van der Waals surface area contributed by atoms with Gasteiger partial charge in [0.05, 0.1) is 5.69 Å². The van der Waals surface area contributed by atoms with E-state index < -0.39 is 0 Å². The molecule has 0 saturated carbocycles. The molecule has 3 N–H and O–H groups in total. The number of anilines is 1. The monoisotopic (exact) mass is 286 g/mol. The molecule has 0 aliphatic heterocycles. The molecule has 1 aromatic heterocycles. The van der Waals surface area contributed by atoms with E-state index in [1.165, 1.54) is 11.1 Å². The number of aryl methyl sites for hydroxylation is 4. The summed E-state index contributed by atoms with van der Waals surface area (Å²) >= 11 is 0. The van der Waals surface area contributed by atoms with Gasteiger partial charge >= 0.3 is 0 Å². The summed E-state index contributed by atoms with van der Waals surface area (Å²) in [5, 5.41) is 3.09. The van der Waals surface area contributed by atoms with Crippen molar-refractivity contribution < 1.29 is 4.42 Å². The molecular weight excluding hydrogens is 264 g/mol. The van der Waals surface area contributed by atoms with Gasteiger partial charge in [0.15, 0.2) is 11.9 Å². The fourth-order valence-corrected chi connectivity index (χ4v) is 1.95. The Balaban J connectivity index is 2.03. The van der Waals surface area contributed by atoms with Gasteiger partial charge in [-0.1, -0.05) is 13.0 Å². The Hall–Kier alpha value is -2.30. The third-order valence-corrected chi connectivity index (χ3v) is 3.41. The zero-order valence-electron chi connectivity index (χ0n) is 13.0. The highest BCUT2D eigenvalue weighted by Crippen LogP contribution is 2.14.